The van der Waals surface area contributed by atoms with Crippen molar-refractivity contribution < 1.29 is 9.13 Å². The van der Waals surface area contributed by atoms with E-state index in [1.54, 1.807) is 31.2 Å². The summed E-state index contributed by atoms with van der Waals surface area (Å²) in [6, 6.07) is 12.7. The van der Waals surface area contributed by atoms with Gasteiger partial charge in [-0.1, -0.05) is 6.07 Å². The Morgan fingerprint density at radius 3 is 2.74 bits per heavy atom. The normalized spacial score (nSPS) is 11.7. The van der Waals surface area contributed by atoms with Gasteiger partial charge < -0.3 is 10.5 Å². The van der Waals surface area contributed by atoms with E-state index in [-0.39, 0.29) is 11.9 Å². The van der Waals surface area contributed by atoms with E-state index in [4.69, 9.17) is 15.7 Å². The number of rotatable bonds is 3. The van der Waals surface area contributed by atoms with Gasteiger partial charge in [-0.15, -0.1) is 0 Å². The van der Waals surface area contributed by atoms with Crippen molar-refractivity contribution in [3.8, 4) is 17.6 Å². The summed E-state index contributed by atoms with van der Waals surface area (Å²) >= 11 is 0. The molecule has 0 bridgehead atoms. The molecule has 1 atom stereocenters. The zero-order valence-corrected chi connectivity index (χ0v) is 10.4. The highest BCUT2D eigenvalue weighted by molar-refractivity contribution is 5.42. The maximum absolute atomic E-state index is 13.2. The molecule has 0 fully saturated rings. The Hall–Kier alpha value is -2.38. The van der Waals surface area contributed by atoms with Gasteiger partial charge >= 0.3 is 0 Å². The average molecular weight is 256 g/mol. The van der Waals surface area contributed by atoms with Crippen molar-refractivity contribution in [1.82, 2.24) is 0 Å². The first-order valence-corrected chi connectivity index (χ1v) is 5.83. The van der Waals surface area contributed by atoms with Crippen LogP contribution < -0.4 is 10.5 Å². The summed E-state index contributed by atoms with van der Waals surface area (Å²) in [4.78, 5) is 0. The summed E-state index contributed by atoms with van der Waals surface area (Å²) in [7, 11) is 0. The van der Waals surface area contributed by atoms with Crippen LogP contribution in [-0.4, -0.2) is 0 Å². The standard InChI is InChI=1S/C15H13FN2O/c1-10(18)14-8-12(16)5-6-15(14)19-13-4-2-3-11(7-13)9-17/h2-8,10H,18H2,1H3/t10-/m1/s1. The lowest BCUT2D eigenvalue weighted by Crippen LogP contribution is -2.07. The third-order valence-electron chi connectivity index (χ3n) is 2.65. The molecule has 0 aliphatic heterocycles. The van der Waals surface area contributed by atoms with Crippen LogP contribution in [0.3, 0.4) is 0 Å². The van der Waals surface area contributed by atoms with Crippen LogP contribution >= 0.6 is 0 Å². The molecular formula is C15H13FN2O. The Balaban J connectivity index is 2.35. The third kappa shape index (κ3) is 3.09. The predicted molar refractivity (Wildman–Crippen MR) is 70.2 cm³/mol. The molecular weight excluding hydrogens is 243 g/mol. The lowest BCUT2D eigenvalue weighted by atomic mass is 10.1. The van der Waals surface area contributed by atoms with Gasteiger partial charge in [0.05, 0.1) is 11.6 Å². The van der Waals surface area contributed by atoms with E-state index in [2.05, 4.69) is 0 Å². The minimum Gasteiger partial charge on any atom is -0.457 e. The summed E-state index contributed by atoms with van der Waals surface area (Å²) in [5.74, 6) is 0.657. The molecule has 0 saturated heterocycles. The van der Waals surface area contributed by atoms with E-state index in [9.17, 15) is 4.39 Å². The number of hydrogen-bond acceptors (Lipinski definition) is 3. The van der Waals surface area contributed by atoms with Gasteiger partial charge in [-0.3, -0.25) is 0 Å². The number of halogens is 1. The van der Waals surface area contributed by atoms with Crippen molar-refractivity contribution in [3.05, 3.63) is 59.4 Å². The topological polar surface area (TPSA) is 59.0 Å². The quantitative estimate of drug-likeness (QED) is 0.914. The average Bonchev–Trinajstić information content (AvgIpc) is 2.41. The summed E-state index contributed by atoms with van der Waals surface area (Å²) in [6.45, 7) is 1.76. The largest absolute Gasteiger partial charge is 0.457 e. The van der Waals surface area contributed by atoms with Gasteiger partial charge in [0.15, 0.2) is 0 Å². The third-order valence-corrected chi connectivity index (χ3v) is 2.65. The zero-order valence-electron chi connectivity index (χ0n) is 10.4. The molecule has 3 nitrogen and oxygen atoms in total. The molecule has 0 spiro atoms. The maximum Gasteiger partial charge on any atom is 0.132 e. The number of ether oxygens (including phenoxy) is 1. The smallest absolute Gasteiger partial charge is 0.132 e. The van der Waals surface area contributed by atoms with Gasteiger partial charge in [0.25, 0.3) is 0 Å². The van der Waals surface area contributed by atoms with Crippen molar-refractivity contribution in [2.24, 2.45) is 5.73 Å². The molecule has 4 heteroatoms. The molecule has 96 valence electrons. The number of nitriles is 1. The van der Waals surface area contributed by atoms with Crippen LogP contribution in [0.5, 0.6) is 11.5 Å². The summed E-state index contributed by atoms with van der Waals surface area (Å²) in [5.41, 5.74) is 6.88. The zero-order chi connectivity index (χ0) is 13.8. The molecule has 0 aliphatic rings. The molecule has 2 aromatic carbocycles. The Bertz CT molecular complexity index is 632. The fourth-order valence-corrected chi connectivity index (χ4v) is 1.72. The molecule has 19 heavy (non-hydrogen) atoms. The minimum absolute atomic E-state index is 0.343. The van der Waals surface area contributed by atoms with E-state index < -0.39 is 0 Å². The highest BCUT2D eigenvalue weighted by Gasteiger charge is 2.10. The van der Waals surface area contributed by atoms with Crippen LogP contribution in [-0.2, 0) is 0 Å². The predicted octanol–water partition coefficient (Wildman–Crippen LogP) is 3.51. The monoisotopic (exact) mass is 256 g/mol. The SMILES string of the molecule is C[C@@H](N)c1cc(F)ccc1Oc1cccc(C#N)c1. The highest BCUT2D eigenvalue weighted by atomic mass is 19.1. The van der Waals surface area contributed by atoms with E-state index >= 15 is 0 Å². The maximum atomic E-state index is 13.2. The molecule has 0 radical (unpaired) electrons. The molecule has 0 heterocycles. The highest BCUT2D eigenvalue weighted by Crippen LogP contribution is 2.29. The second kappa shape index (κ2) is 5.51. The second-order valence-corrected chi connectivity index (χ2v) is 4.21. The van der Waals surface area contributed by atoms with E-state index in [1.165, 1.54) is 18.2 Å². The molecule has 0 aliphatic carbocycles. The number of hydrogen-bond donors (Lipinski definition) is 1. The van der Waals surface area contributed by atoms with Crippen molar-refractivity contribution >= 4 is 0 Å². The van der Waals surface area contributed by atoms with Crippen molar-refractivity contribution in [2.75, 3.05) is 0 Å². The summed E-state index contributed by atoms with van der Waals surface area (Å²) in [5, 5.41) is 8.83. The van der Waals surface area contributed by atoms with Gasteiger partial charge in [0.1, 0.15) is 17.3 Å². The Morgan fingerprint density at radius 1 is 1.26 bits per heavy atom. The van der Waals surface area contributed by atoms with Crippen LogP contribution in [0.15, 0.2) is 42.5 Å². The summed E-state index contributed by atoms with van der Waals surface area (Å²) < 4.78 is 18.9. The molecule has 0 unspecified atom stereocenters. The van der Waals surface area contributed by atoms with Gasteiger partial charge in [0, 0.05) is 11.6 Å². The molecule has 2 rings (SSSR count). The van der Waals surface area contributed by atoms with E-state index in [1.807, 2.05) is 6.07 Å². The molecule has 0 aromatic heterocycles. The number of benzene rings is 2. The first-order valence-electron chi connectivity index (χ1n) is 5.83. The first kappa shape index (κ1) is 13.1. The van der Waals surface area contributed by atoms with Crippen LogP contribution in [0.2, 0.25) is 0 Å². The van der Waals surface area contributed by atoms with Crippen LogP contribution in [0.4, 0.5) is 4.39 Å². The minimum atomic E-state index is -0.356. The fraction of sp³-hybridized carbons (Fsp3) is 0.133. The molecule has 0 amide bonds. The van der Waals surface area contributed by atoms with Crippen LogP contribution in [0, 0.1) is 17.1 Å². The second-order valence-electron chi connectivity index (χ2n) is 4.21. The number of nitrogens with zero attached hydrogens (tertiary/aromatic N) is 1. The van der Waals surface area contributed by atoms with Crippen molar-refractivity contribution in [1.29, 1.82) is 5.26 Å². The van der Waals surface area contributed by atoms with Gasteiger partial charge in [-0.2, -0.15) is 5.26 Å². The van der Waals surface area contributed by atoms with E-state index in [0.717, 1.165) is 0 Å². The van der Waals surface area contributed by atoms with Gasteiger partial charge in [0.2, 0.25) is 0 Å². The molecule has 2 aromatic rings. The summed E-state index contributed by atoms with van der Waals surface area (Å²) in [6.07, 6.45) is 0. The Morgan fingerprint density at radius 2 is 2.05 bits per heavy atom. The fourth-order valence-electron chi connectivity index (χ4n) is 1.72. The number of nitrogens with two attached hydrogens (primary N) is 1. The lowest BCUT2D eigenvalue weighted by Gasteiger charge is -2.13. The molecule has 0 saturated carbocycles. The van der Waals surface area contributed by atoms with Gasteiger partial charge in [-0.25, -0.2) is 4.39 Å². The Labute approximate surface area is 111 Å². The van der Waals surface area contributed by atoms with E-state index in [0.29, 0.717) is 22.6 Å². The van der Waals surface area contributed by atoms with Crippen LogP contribution in [0.25, 0.3) is 0 Å². The van der Waals surface area contributed by atoms with Crippen LogP contribution in [0.1, 0.15) is 24.1 Å². The van der Waals surface area contributed by atoms with Crippen molar-refractivity contribution in [3.63, 3.8) is 0 Å². The molecule has 2 N–H and O–H groups in total. The van der Waals surface area contributed by atoms with Gasteiger partial charge in [-0.05, 0) is 43.3 Å². The Kier molecular flexibility index (Phi) is 3.79. The van der Waals surface area contributed by atoms with Crippen molar-refractivity contribution in [2.45, 2.75) is 13.0 Å². The first-order chi connectivity index (χ1) is 9.10. The lowest BCUT2D eigenvalue weighted by molar-refractivity contribution is 0.469.